The molecule has 3 nitrogen and oxygen atoms in total. The fraction of sp³-hybridized carbons (Fsp3) is 0.917. The molecule has 0 aromatic carbocycles. The predicted molar refractivity (Wildman–Crippen MR) is 62.9 cm³/mol. The molecule has 0 bridgehead atoms. The van der Waals surface area contributed by atoms with Crippen LogP contribution in [0.3, 0.4) is 0 Å². The van der Waals surface area contributed by atoms with Gasteiger partial charge in [-0.1, -0.05) is 13.3 Å². The van der Waals surface area contributed by atoms with Crippen LogP contribution in [-0.2, 0) is 0 Å². The molecule has 3 heteroatoms. The van der Waals surface area contributed by atoms with E-state index in [0.29, 0.717) is 6.04 Å². The number of nitrogens with one attached hydrogen (secondary N) is 1. The van der Waals surface area contributed by atoms with E-state index in [0.717, 1.165) is 25.8 Å². The summed E-state index contributed by atoms with van der Waals surface area (Å²) in [5.41, 5.74) is 0. The van der Waals surface area contributed by atoms with E-state index in [-0.39, 0.29) is 12.1 Å². The number of hydrogen-bond donors (Lipinski definition) is 1. The molecule has 0 aliphatic carbocycles. The third kappa shape index (κ3) is 3.73. The maximum atomic E-state index is 11.9. The molecule has 1 fully saturated rings. The Labute approximate surface area is 93.2 Å². The number of urea groups is 1. The Morgan fingerprint density at radius 1 is 1.47 bits per heavy atom. The normalized spacial score (nSPS) is 21.9. The van der Waals surface area contributed by atoms with Crippen molar-refractivity contribution in [2.75, 3.05) is 6.54 Å². The average molecular weight is 212 g/mol. The van der Waals surface area contributed by atoms with Gasteiger partial charge in [-0.25, -0.2) is 4.79 Å². The molecule has 1 aliphatic heterocycles. The lowest BCUT2D eigenvalue weighted by atomic mass is 9.99. The second kappa shape index (κ2) is 5.99. The first-order chi connectivity index (χ1) is 7.15. The Balaban J connectivity index is 2.51. The highest BCUT2D eigenvalue weighted by molar-refractivity contribution is 5.74. The van der Waals surface area contributed by atoms with Crippen LogP contribution in [0.1, 0.15) is 52.9 Å². The molecule has 88 valence electrons. The lowest BCUT2D eigenvalue weighted by Gasteiger charge is -2.36. The van der Waals surface area contributed by atoms with Gasteiger partial charge < -0.3 is 10.2 Å². The molecule has 1 aliphatic rings. The first-order valence-electron chi connectivity index (χ1n) is 6.22. The maximum Gasteiger partial charge on any atom is 0.317 e. The SMILES string of the molecule is CCCC1CCCCN1C(=O)NC(C)C. The summed E-state index contributed by atoms with van der Waals surface area (Å²) in [4.78, 5) is 13.9. The van der Waals surface area contributed by atoms with Crippen LogP contribution in [0.5, 0.6) is 0 Å². The van der Waals surface area contributed by atoms with Crippen LogP contribution in [-0.4, -0.2) is 29.6 Å². The van der Waals surface area contributed by atoms with Gasteiger partial charge in [0.1, 0.15) is 0 Å². The van der Waals surface area contributed by atoms with Crippen molar-refractivity contribution in [3.05, 3.63) is 0 Å². The van der Waals surface area contributed by atoms with Gasteiger partial charge in [-0.15, -0.1) is 0 Å². The Kier molecular flexibility index (Phi) is 4.92. The van der Waals surface area contributed by atoms with Crippen LogP contribution in [0.4, 0.5) is 4.79 Å². The lowest BCUT2D eigenvalue weighted by Crippen LogP contribution is -2.50. The molecule has 0 radical (unpaired) electrons. The monoisotopic (exact) mass is 212 g/mol. The molecule has 15 heavy (non-hydrogen) atoms. The number of amides is 2. The molecule has 1 atom stereocenters. The lowest BCUT2D eigenvalue weighted by molar-refractivity contribution is 0.144. The topological polar surface area (TPSA) is 32.3 Å². The molecule has 0 saturated carbocycles. The highest BCUT2D eigenvalue weighted by Gasteiger charge is 2.25. The van der Waals surface area contributed by atoms with Gasteiger partial charge in [-0.2, -0.15) is 0 Å². The van der Waals surface area contributed by atoms with E-state index in [1.165, 1.54) is 12.8 Å². The molecule has 1 rings (SSSR count). The van der Waals surface area contributed by atoms with E-state index in [4.69, 9.17) is 0 Å². The van der Waals surface area contributed by atoms with Crippen molar-refractivity contribution in [3.63, 3.8) is 0 Å². The standard InChI is InChI=1S/C12H24N2O/c1-4-7-11-8-5-6-9-14(11)12(15)13-10(2)3/h10-11H,4-9H2,1-3H3,(H,13,15). The summed E-state index contributed by atoms with van der Waals surface area (Å²) in [6.45, 7) is 7.14. The van der Waals surface area contributed by atoms with E-state index < -0.39 is 0 Å². The number of rotatable bonds is 3. The molecule has 1 saturated heterocycles. The first-order valence-corrected chi connectivity index (χ1v) is 6.22. The quantitative estimate of drug-likeness (QED) is 0.766. The van der Waals surface area contributed by atoms with Crippen LogP contribution in [0, 0.1) is 0 Å². The molecule has 1 unspecified atom stereocenters. The minimum atomic E-state index is 0.128. The summed E-state index contributed by atoms with van der Waals surface area (Å²) < 4.78 is 0. The van der Waals surface area contributed by atoms with Gasteiger partial charge in [0.2, 0.25) is 0 Å². The minimum Gasteiger partial charge on any atom is -0.336 e. The molecular formula is C12H24N2O. The number of piperidine rings is 1. The van der Waals surface area contributed by atoms with Crippen molar-refractivity contribution in [1.29, 1.82) is 0 Å². The van der Waals surface area contributed by atoms with Gasteiger partial charge in [0, 0.05) is 18.6 Å². The summed E-state index contributed by atoms with van der Waals surface area (Å²) in [7, 11) is 0. The molecule has 1 N–H and O–H groups in total. The van der Waals surface area contributed by atoms with Crippen LogP contribution in [0.25, 0.3) is 0 Å². The van der Waals surface area contributed by atoms with Crippen LogP contribution >= 0.6 is 0 Å². The Hall–Kier alpha value is -0.730. The van der Waals surface area contributed by atoms with Crippen molar-refractivity contribution < 1.29 is 4.79 Å². The van der Waals surface area contributed by atoms with E-state index >= 15 is 0 Å². The van der Waals surface area contributed by atoms with Crippen molar-refractivity contribution in [3.8, 4) is 0 Å². The second-order valence-electron chi connectivity index (χ2n) is 4.74. The number of nitrogens with zero attached hydrogens (tertiary/aromatic N) is 1. The Bertz CT molecular complexity index is 202. The predicted octanol–water partition coefficient (Wildman–Crippen LogP) is 2.76. The number of hydrogen-bond acceptors (Lipinski definition) is 1. The van der Waals surface area contributed by atoms with E-state index in [1.807, 2.05) is 18.7 Å². The maximum absolute atomic E-state index is 11.9. The first kappa shape index (κ1) is 12.3. The molecule has 0 aromatic rings. The largest absolute Gasteiger partial charge is 0.336 e. The molecule has 1 heterocycles. The number of likely N-dealkylation sites (tertiary alicyclic amines) is 1. The average Bonchev–Trinajstić information content (AvgIpc) is 2.18. The van der Waals surface area contributed by atoms with Crippen molar-refractivity contribution in [2.45, 2.75) is 65.0 Å². The summed E-state index contributed by atoms with van der Waals surface area (Å²) >= 11 is 0. The third-order valence-corrected chi connectivity index (χ3v) is 2.92. The second-order valence-corrected chi connectivity index (χ2v) is 4.74. The van der Waals surface area contributed by atoms with Crippen LogP contribution in [0.15, 0.2) is 0 Å². The summed E-state index contributed by atoms with van der Waals surface area (Å²) in [6, 6.07) is 0.840. The zero-order valence-corrected chi connectivity index (χ0v) is 10.3. The summed E-state index contributed by atoms with van der Waals surface area (Å²) in [6.07, 6.45) is 5.92. The van der Waals surface area contributed by atoms with Gasteiger partial charge in [-0.05, 0) is 39.5 Å². The van der Waals surface area contributed by atoms with Gasteiger partial charge >= 0.3 is 6.03 Å². The third-order valence-electron chi connectivity index (χ3n) is 2.92. The fourth-order valence-corrected chi connectivity index (χ4v) is 2.23. The van der Waals surface area contributed by atoms with Crippen molar-refractivity contribution >= 4 is 6.03 Å². The fourth-order valence-electron chi connectivity index (χ4n) is 2.23. The summed E-state index contributed by atoms with van der Waals surface area (Å²) in [5.74, 6) is 0. The van der Waals surface area contributed by atoms with Gasteiger partial charge in [0.15, 0.2) is 0 Å². The van der Waals surface area contributed by atoms with Crippen LogP contribution in [0.2, 0.25) is 0 Å². The highest BCUT2D eigenvalue weighted by atomic mass is 16.2. The van der Waals surface area contributed by atoms with Gasteiger partial charge in [0.25, 0.3) is 0 Å². The Morgan fingerprint density at radius 2 is 2.20 bits per heavy atom. The molecule has 0 aromatic heterocycles. The van der Waals surface area contributed by atoms with Crippen molar-refractivity contribution in [1.82, 2.24) is 10.2 Å². The molecule has 2 amide bonds. The Morgan fingerprint density at radius 3 is 2.80 bits per heavy atom. The van der Waals surface area contributed by atoms with Crippen molar-refractivity contribution in [2.24, 2.45) is 0 Å². The minimum absolute atomic E-state index is 0.128. The number of carbonyl (C=O) groups excluding carboxylic acids is 1. The summed E-state index contributed by atoms with van der Waals surface area (Å²) in [5, 5.41) is 2.99. The molecule has 0 spiro atoms. The highest BCUT2D eigenvalue weighted by Crippen LogP contribution is 2.20. The van der Waals surface area contributed by atoms with Crippen LogP contribution < -0.4 is 5.32 Å². The van der Waals surface area contributed by atoms with Gasteiger partial charge in [-0.3, -0.25) is 0 Å². The van der Waals surface area contributed by atoms with E-state index in [9.17, 15) is 4.79 Å². The number of carbonyl (C=O) groups is 1. The smallest absolute Gasteiger partial charge is 0.317 e. The van der Waals surface area contributed by atoms with Gasteiger partial charge in [0.05, 0.1) is 0 Å². The van der Waals surface area contributed by atoms with E-state index in [1.54, 1.807) is 0 Å². The van der Waals surface area contributed by atoms with E-state index in [2.05, 4.69) is 12.2 Å². The zero-order valence-electron chi connectivity index (χ0n) is 10.3. The molecular weight excluding hydrogens is 188 g/mol. The zero-order chi connectivity index (χ0) is 11.3.